The Bertz CT molecular complexity index is 963. The van der Waals surface area contributed by atoms with Gasteiger partial charge in [-0.05, 0) is 72.2 Å². The summed E-state index contributed by atoms with van der Waals surface area (Å²) in [6.45, 7) is 6.02. The molecule has 1 aromatic carbocycles. The van der Waals surface area contributed by atoms with E-state index in [0.717, 1.165) is 48.7 Å². The molecule has 0 aliphatic heterocycles. The van der Waals surface area contributed by atoms with Crippen molar-refractivity contribution in [3.05, 3.63) is 68.0 Å². The first-order chi connectivity index (χ1) is 18.8. The molecule has 0 N–H and O–H groups in total. The summed E-state index contributed by atoms with van der Waals surface area (Å²) in [7, 11) is 0. The Morgan fingerprint density at radius 3 is 1.37 bits per heavy atom. The van der Waals surface area contributed by atoms with Gasteiger partial charge in [-0.3, -0.25) is 0 Å². The second-order valence-corrected chi connectivity index (χ2v) is 11.8. The fourth-order valence-electron chi connectivity index (χ4n) is 4.35. The maximum absolute atomic E-state index is 6.39. The fourth-order valence-corrected chi connectivity index (χ4v) is 5.58. The molecule has 2 nitrogen and oxygen atoms in total. The second kappa shape index (κ2) is 18.9. The van der Waals surface area contributed by atoms with Crippen molar-refractivity contribution in [2.45, 2.75) is 90.9 Å². The van der Waals surface area contributed by atoms with Gasteiger partial charge in [0, 0.05) is 20.9 Å². The van der Waals surface area contributed by atoms with Crippen molar-refractivity contribution in [1.82, 2.24) is 0 Å². The highest BCUT2D eigenvalue weighted by molar-refractivity contribution is 7.11. The zero-order valence-corrected chi connectivity index (χ0v) is 25.1. The topological polar surface area (TPSA) is 18.5 Å². The fraction of sp³-hybridized carbons (Fsp3) is 0.471. The predicted octanol–water partition coefficient (Wildman–Crippen LogP) is 11.6. The van der Waals surface area contributed by atoms with Gasteiger partial charge >= 0.3 is 0 Å². The summed E-state index contributed by atoms with van der Waals surface area (Å²) in [6.07, 6.45) is 23.8. The Balaban J connectivity index is 1.75. The molecule has 3 rings (SSSR count). The second-order valence-electron chi connectivity index (χ2n) is 9.86. The Labute approximate surface area is 239 Å². The van der Waals surface area contributed by atoms with Crippen molar-refractivity contribution in [1.29, 1.82) is 0 Å². The molecule has 0 aliphatic carbocycles. The summed E-state index contributed by atoms with van der Waals surface area (Å²) in [4.78, 5) is 2.48. The van der Waals surface area contributed by atoms with Crippen molar-refractivity contribution in [3.8, 4) is 11.5 Å². The van der Waals surface area contributed by atoms with Gasteiger partial charge in [-0.25, -0.2) is 0 Å². The molecule has 0 radical (unpaired) electrons. The zero-order valence-electron chi connectivity index (χ0n) is 23.5. The van der Waals surface area contributed by atoms with Crippen LogP contribution in [0.3, 0.4) is 0 Å². The Morgan fingerprint density at radius 2 is 0.974 bits per heavy atom. The number of benzene rings is 1. The number of unbranched alkanes of at least 4 members (excludes halogenated alkanes) is 10. The van der Waals surface area contributed by atoms with Crippen LogP contribution in [0, 0.1) is 0 Å². The highest BCUT2D eigenvalue weighted by atomic mass is 32.1. The Kier molecular flexibility index (Phi) is 15.0. The van der Waals surface area contributed by atoms with Gasteiger partial charge in [0.05, 0.1) is 13.2 Å². The maximum Gasteiger partial charge on any atom is 0.127 e. The minimum atomic E-state index is 0.748. The summed E-state index contributed by atoms with van der Waals surface area (Å²) in [5.74, 6) is 1.87. The minimum absolute atomic E-state index is 0.748. The van der Waals surface area contributed by atoms with E-state index in [4.69, 9.17) is 9.47 Å². The number of ether oxygens (including phenoxy) is 2. The van der Waals surface area contributed by atoms with Gasteiger partial charge in [-0.15, -0.1) is 22.7 Å². The Hall–Kier alpha value is -2.30. The molecule has 0 saturated carbocycles. The van der Waals surface area contributed by atoms with E-state index in [-0.39, 0.29) is 0 Å². The van der Waals surface area contributed by atoms with Crippen molar-refractivity contribution in [2.24, 2.45) is 0 Å². The molecule has 0 bridgehead atoms. The van der Waals surface area contributed by atoms with E-state index in [2.05, 4.69) is 85.3 Å². The van der Waals surface area contributed by atoms with Gasteiger partial charge in [0.15, 0.2) is 0 Å². The molecule has 3 aromatic rings. The summed E-state index contributed by atoms with van der Waals surface area (Å²) in [5.41, 5.74) is 2.16. The molecular weight excluding hydrogens is 505 g/mol. The van der Waals surface area contributed by atoms with Crippen LogP contribution in [-0.2, 0) is 0 Å². The molecule has 0 unspecified atom stereocenters. The lowest BCUT2D eigenvalue weighted by Crippen LogP contribution is -2.03. The lowest BCUT2D eigenvalue weighted by molar-refractivity contribution is 0.295. The monoisotopic (exact) mass is 550 g/mol. The summed E-state index contributed by atoms with van der Waals surface area (Å²) >= 11 is 3.50. The van der Waals surface area contributed by atoms with Crippen LogP contribution in [0.15, 0.2) is 47.2 Å². The van der Waals surface area contributed by atoms with Crippen LogP contribution >= 0.6 is 22.7 Å². The first-order valence-corrected chi connectivity index (χ1v) is 16.4. The molecule has 0 aliphatic rings. The van der Waals surface area contributed by atoms with Gasteiger partial charge in [-0.1, -0.05) is 90.2 Å². The van der Waals surface area contributed by atoms with Gasteiger partial charge in [0.1, 0.15) is 11.5 Å². The van der Waals surface area contributed by atoms with Crippen molar-refractivity contribution < 1.29 is 9.47 Å². The largest absolute Gasteiger partial charge is 0.493 e. The minimum Gasteiger partial charge on any atom is -0.493 e. The van der Waals surface area contributed by atoms with Gasteiger partial charge < -0.3 is 9.47 Å². The van der Waals surface area contributed by atoms with E-state index in [1.807, 2.05) is 0 Å². The smallest absolute Gasteiger partial charge is 0.127 e. The molecular formula is C34H46O2S2. The number of hydrogen-bond donors (Lipinski definition) is 0. The zero-order chi connectivity index (χ0) is 26.7. The summed E-state index contributed by atoms with van der Waals surface area (Å²) in [5, 5.41) is 4.23. The van der Waals surface area contributed by atoms with Gasteiger partial charge in [-0.2, -0.15) is 0 Å². The van der Waals surface area contributed by atoms with E-state index in [0.29, 0.717) is 0 Å². The molecule has 0 amide bonds. The number of hydrogen-bond acceptors (Lipinski definition) is 4. The van der Waals surface area contributed by atoms with E-state index >= 15 is 0 Å². The van der Waals surface area contributed by atoms with E-state index in [1.54, 1.807) is 22.7 Å². The van der Waals surface area contributed by atoms with Crippen molar-refractivity contribution in [3.63, 3.8) is 0 Å². The Morgan fingerprint density at radius 1 is 0.553 bits per heavy atom. The number of rotatable bonds is 20. The van der Waals surface area contributed by atoms with Crippen LogP contribution in [0.1, 0.15) is 112 Å². The average molecular weight is 551 g/mol. The maximum atomic E-state index is 6.39. The van der Waals surface area contributed by atoms with Crippen LogP contribution < -0.4 is 9.47 Å². The van der Waals surface area contributed by atoms with Crippen LogP contribution in [0.4, 0.5) is 0 Å². The quantitative estimate of drug-likeness (QED) is 0.130. The SMILES string of the molecule is CCCCCCCCOc1cc(C=Cc2cccs2)c(OCCCCCCCC)cc1C=Cc1cccs1. The molecule has 0 saturated heterocycles. The molecule has 0 spiro atoms. The van der Waals surface area contributed by atoms with Gasteiger partial charge in [0.2, 0.25) is 0 Å². The van der Waals surface area contributed by atoms with Crippen LogP contribution in [0.25, 0.3) is 24.3 Å². The predicted molar refractivity (Wildman–Crippen MR) is 171 cm³/mol. The first kappa shape index (κ1) is 30.2. The molecule has 206 valence electrons. The third kappa shape index (κ3) is 11.6. The third-order valence-electron chi connectivity index (χ3n) is 6.59. The molecule has 0 atom stereocenters. The third-order valence-corrected chi connectivity index (χ3v) is 8.27. The van der Waals surface area contributed by atoms with Crippen LogP contribution in [-0.4, -0.2) is 13.2 Å². The number of thiophene rings is 2. The highest BCUT2D eigenvalue weighted by Gasteiger charge is 2.10. The molecule has 0 fully saturated rings. The summed E-state index contributed by atoms with van der Waals surface area (Å²) in [6, 6.07) is 12.8. The lowest BCUT2D eigenvalue weighted by Gasteiger charge is -2.15. The van der Waals surface area contributed by atoms with E-state index < -0.39 is 0 Å². The van der Waals surface area contributed by atoms with Crippen LogP contribution in [0.2, 0.25) is 0 Å². The first-order valence-electron chi connectivity index (χ1n) is 14.7. The highest BCUT2D eigenvalue weighted by Crippen LogP contribution is 2.33. The molecule has 38 heavy (non-hydrogen) atoms. The standard InChI is InChI=1S/C34H46O2S2/c1-3-5-7-9-11-13-23-35-33-27-30(20-22-32-18-16-26-38-32)34(36-24-14-12-10-8-6-4-2)28-29(33)19-21-31-17-15-25-37-31/h15-22,25-28H,3-14,23-24H2,1-2H3. The molecule has 2 aromatic heterocycles. The van der Waals surface area contributed by atoms with E-state index in [9.17, 15) is 0 Å². The van der Waals surface area contributed by atoms with E-state index in [1.165, 1.54) is 74.0 Å². The summed E-state index contributed by atoms with van der Waals surface area (Å²) < 4.78 is 12.8. The lowest BCUT2D eigenvalue weighted by atomic mass is 10.1. The van der Waals surface area contributed by atoms with Crippen molar-refractivity contribution >= 4 is 47.0 Å². The normalized spacial score (nSPS) is 11.6. The van der Waals surface area contributed by atoms with Gasteiger partial charge in [0.25, 0.3) is 0 Å². The van der Waals surface area contributed by atoms with Crippen molar-refractivity contribution in [2.75, 3.05) is 13.2 Å². The average Bonchev–Trinajstić information content (AvgIpc) is 3.65. The molecule has 4 heteroatoms. The molecule has 2 heterocycles. The van der Waals surface area contributed by atoms with Crippen LogP contribution in [0.5, 0.6) is 11.5 Å².